The van der Waals surface area contributed by atoms with Gasteiger partial charge in [0.1, 0.15) is 0 Å². The smallest absolute Gasteiger partial charge is 0.331 e. The van der Waals surface area contributed by atoms with E-state index in [1.54, 1.807) is 0 Å². The van der Waals surface area contributed by atoms with E-state index in [9.17, 15) is 19.2 Å². The van der Waals surface area contributed by atoms with Crippen molar-refractivity contribution in [3.63, 3.8) is 0 Å². The standard InChI is InChI=1S/C24H38N2O6/c27-21(31-17-7-15-25-23(29)19-9-3-1-4-10-19)13-14-22(28)32-18-8-16-26-24(30)20-11-5-2-6-12-20/h13-14,19-20H,1-12,15-18H2,(H,25,29)(H,26,30)/b14-13+. The van der Waals surface area contributed by atoms with Gasteiger partial charge in [-0.3, -0.25) is 9.59 Å². The van der Waals surface area contributed by atoms with Crippen molar-refractivity contribution in [1.29, 1.82) is 0 Å². The molecule has 0 aromatic heterocycles. The van der Waals surface area contributed by atoms with Crippen LogP contribution in [0.15, 0.2) is 12.2 Å². The van der Waals surface area contributed by atoms with Crippen LogP contribution in [0.1, 0.15) is 77.0 Å². The molecule has 0 aromatic rings. The molecule has 2 amide bonds. The number of rotatable bonds is 12. The van der Waals surface area contributed by atoms with Crippen LogP contribution in [0, 0.1) is 11.8 Å². The molecule has 2 N–H and O–H groups in total. The highest BCUT2D eigenvalue weighted by molar-refractivity contribution is 5.91. The molecule has 0 spiro atoms. The van der Waals surface area contributed by atoms with Crippen molar-refractivity contribution in [1.82, 2.24) is 10.6 Å². The topological polar surface area (TPSA) is 111 Å². The molecule has 0 atom stereocenters. The summed E-state index contributed by atoms with van der Waals surface area (Å²) in [5, 5.41) is 5.77. The van der Waals surface area contributed by atoms with Gasteiger partial charge in [0.2, 0.25) is 11.8 Å². The fourth-order valence-corrected chi connectivity index (χ4v) is 4.16. The predicted octanol–water partition coefficient (Wildman–Crippen LogP) is 2.80. The molecule has 8 heteroatoms. The number of hydrogen-bond acceptors (Lipinski definition) is 6. The molecule has 0 bridgehead atoms. The van der Waals surface area contributed by atoms with Gasteiger partial charge in [0, 0.05) is 37.1 Å². The normalized spacial score (nSPS) is 17.6. The summed E-state index contributed by atoms with van der Waals surface area (Å²) in [6.45, 7) is 1.27. The van der Waals surface area contributed by atoms with E-state index in [0.29, 0.717) is 25.9 Å². The van der Waals surface area contributed by atoms with Gasteiger partial charge in [-0.15, -0.1) is 0 Å². The van der Waals surface area contributed by atoms with Crippen LogP contribution in [-0.2, 0) is 28.7 Å². The fourth-order valence-electron chi connectivity index (χ4n) is 4.16. The van der Waals surface area contributed by atoms with Crippen LogP contribution in [0.2, 0.25) is 0 Å². The molecule has 0 radical (unpaired) electrons. The van der Waals surface area contributed by atoms with Gasteiger partial charge in [-0.1, -0.05) is 38.5 Å². The Hall–Kier alpha value is -2.38. The Morgan fingerprint density at radius 3 is 1.38 bits per heavy atom. The summed E-state index contributed by atoms with van der Waals surface area (Å²) in [6, 6.07) is 0. The maximum absolute atomic E-state index is 12.0. The lowest BCUT2D eigenvalue weighted by atomic mass is 9.89. The Bertz CT molecular complexity index is 582. The van der Waals surface area contributed by atoms with Crippen LogP contribution in [-0.4, -0.2) is 50.1 Å². The lowest BCUT2D eigenvalue weighted by molar-refractivity contribution is -0.140. The van der Waals surface area contributed by atoms with E-state index < -0.39 is 11.9 Å². The number of nitrogens with one attached hydrogen (secondary N) is 2. The second-order valence-corrected chi connectivity index (χ2v) is 8.63. The van der Waals surface area contributed by atoms with E-state index in [4.69, 9.17) is 9.47 Å². The molecule has 2 aliphatic rings. The van der Waals surface area contributed by atoms with Crippen LogP contribution >= 0.6 is 0 Å². The zero-order valence-corrected chi connectivity index (χ0v) is 19.1. The van der Waals surface area contributed by atoms with E-state index >= 15 is 0 Å². The third kappa shape index (κ3) is 10.8. The first-order chi connectivity index (χ1) is 15.6. The Balaban J connectivity index is 1.44. The van der Waals surface area contributed by atoms with E-state index in [-0.39, 0.29) is 36.9 Å². The summed E-state index contributed by atoms with van der Waals surface area (Å²) in [6.07, 6.45) is 13.8. The number of carbonyl (C=O) groups is 4. The summed E-state index contributed by atoms with van der Waals surface area (Å²) in [7, 11) is 0. The third-order valence-corrected chi connectivity index (χ3v) is 6.04. The molecule has 2 aliphatic carbocycles. The minimum atomic E-state index is -0.625. The van der Waals surface area contributed by atoms with Gasteiger partial charge in [-0.2, -0.15) is 0 Å². The van der Waals surface area contributed by atoms with Crippen LogP contribution < -0.4 is 10.6 Å². The largest absolute Gasteiger partial charge is 0.462 e. The number of hydrogen-bond donors (Lipinski definition) is 2. The summed E-state index contributed by atoms with van der Waals surface area (Å²) < 4.78 is 10.0. The SMILES string of the molecule is O=C(/C=C/C(=O)OCCCNC(=O)C1CCCCC1)OCCCNC(=O)C1CCCCC1. The van der Waals surface area contributed by atoms with Gasteiger partial charge < -0.3 is 20.1 Å². The first-order valence-corrected chi connectivity index (χ1v) is 12.1. The lowest BCUT2D eigenvalue weighted by Gasteiger charge is -2.20. The number of esters is 2. The molecule has 2 fully saturated rings. The Kier molecular flexibility index (Phi) is 12.5. The van der Waals surface area contributed by atoms with E-state index in [1.165, 1.54) is 12.8 Å². The van der Waals surface area contributed by atoms with Crippen LogP contribution in [0.5, 0.6) is 0 Å². The van der Waals surface area contributed by atoms with Gasteiger partial charge in [-0.05, 0) is 38.5 Å². The van der Waals surface area contributed by atoms with Crippen molar-refractivity contribution in [2.24, 2.45) is 11.8 Å². The van der Waals surface area contributed by atoms with Crippen molar-refractivity contribution < 1.29 is 28.7 Å². The minimum absolute atomic E-state index is 0.0900. The van der Waals surface area contributed by atoms with Crippen molar-refractivity contribution in [3.8, 4) is 0 Å². The molecular weight excluding hydrogens is 412 g/mol. The lowest BCUT2D eigenvalue weighted by Crippen LogP contribution is -2.33. The van der Waals surface area contributed by atoms with E-state index in [1.807, 2.05) is 0 Å². The number of amides is 2. The highest BCUT2D eigenvalue weighted by Gasteiger charge is 2.21. The zero-order chi connectivity index (χ0) is 23.0. The van der Waals surface area contributed by atoms with E-state index in [0.717, 1.165) is 63.5 Å². The first-order valence-electron chi connectivity index (χ1n) is 12.1. The molecule has 0 unspecified atom stereocenters. The fraction of sp³-hybridized carbons (Fsp3) is 0.750. The maximum atomic E-state index is 12.0. The summed E-state index contributed by atoms with van der Waals surface area (Å²) >= 11 is 0. The van der Waals surface area contributed by atoms with Crippen LogP contribution in [0.4, 0.5) is 0 Å². The molecule has 8 nitrogen and oxygen atoms in total. The highest BCUT2D eigenvalue weighted by Crippen LogP contribution is 2.24. The van der Waals surface area contributed by atoms with Crippen LogP contribution in [0.3, 0.4) is 0 Å². The minimum Gasteiger partial charge on any atom is -0.462 e. The van der Waals surface area contributed by atoms with Gasteiger partial charge in [0.25, 0.3) is 0 Å². The monoisotopic (exact) mass is 450 g/mol. The molecule has 0 aromatic carbocycles. The van der Waals surface area contributed by atoms with Gasteiger partial charge in [-0.25, -0.2) is 9.59 Å². The predicted molar refractivity (Wildman–Crippen MR) is 119 cm³/mol. The van der Waals surface area contributed by atoms with Gasteiger partial charge >= 0.3 is 11.9 Å². The van der Waals surface area contributed by atoms with Crippen molar-refractivity contribution in [3.05, 3.63) is 12.2 Å². The van der Waals surface area contributed by atoms with Crippen molar-refractivity contribution in [2.45, 2.75) is 77.0 Å². The van der Waals surface area contributed by atoms with E-state index in [2.05, 4.69) is 10.6 Å². The number of carbonyl (C=O) groups excluding carboxylic acids is 4. The summed E-state index contributed by atoms with van der Waals surface area (Å²) in [5.41, 5.74) is 0. The second kappa shape index (κ2) is 15.4. The zero-order valence-electron chi connectivity index (χ0n) is 19.1. The molecule has 180 valence electrons. The molecular formula is C24H38N2O6. The molecule has 32 heavy (non-hydrogen) atoms. The average molecular weight is 451 g/mol. The Labute approximate surface area is 190 Å². The van der Waals surface area contributed by atoms with Crippen LogP contribution in [0.25, 0.3) is 0 Å². The van der Waals surface area contributed by atoms with Crippen molar-refractivity contribution >= 4 is 23.8 Å². The first kappa shape index (κ1) is 25.9. The highest BCUT2D eigenvalue weighted by atomic mass is 16.5. The Morgan fingerprint density at radius 2 is 1.00 bits per heavy atom. The van der Waals surface area contributed by atoms with Gasteiger partial charge in [0.05, 0.1) is 13.2 Å². The Morgan fingerprint density at radius 1 is 0.625 bits per heavy atom. The number of ether oxygens (including phenoxy) is 2. The van der Waals surface area contributed by atoms with Gasteiger partial charge in [0.15, 0.2) is 0 Å². The summed E-state index contributed by atoms with van der Waals surface area (Å²) in [4.78, 5) is 47.3. The molecule has 0 saturated heterocycles. The second-order valence-electron chi connectivity index (χ2n) is 8.63. The maximum Gasteiger partial charge on any atom is 0.331 e. The van der Waals surface area contributed by atoms with Crippen molar-refractivity contribution in [2.75, 3.05) is 26.3 Å². The third-order valence-electron chi connectivity index (χ3n) is 6.04. The quantitative estimate of drug-likeness (QED) is 0.269. The molecule has 0 heterocycles. The molecule has 0 aliphatic heterocycles. The molecule has 2 rings (SSSR count). The average Bonchev–Trinajstić information content (AvgIpc) is 2.83. The molecule has 2 saturated carbocycles. The summed E-state index contributed by atoms with van der Waals surface area (Å²) in [5.74, 6) is -0.832.